The number of rotatable bonds is 4. The Morgan fingerprint density at radius 2 is 1.86 bits per heavy atom. The third-order valence-electron chi connectivity index (χ3n) is 6.16. The van der Waals surface area contributed by atoms with Crippen LogP contribution in [0.3, 0.4) is 0 Å². The molecule has 154 valence electrons. The molecule has 1 atom stereocenters. The van der Waals surface area contributed by atoms with Crippen LogP contribution in [0.5, 0.6) is 0 Å². The summed E-state index contributed by atoms with van der Waals surface area (Å²) in [6, 6.07) is 0.351. The van der Waals surface area contributed by atoms with E-state index in [1.165, 1.54) is 30.7 Å². The van der Waals surface area contributed by atoms with E-state index in [1.807, 2.05) is 11.1 Å². The van der Waals surface area contributed by atoms with E-state index in [4.69, 9.17) is 4.98 Å². The van der Waals surface area contributed by atoms with E-state index < -0.39 is 0 Å². The van der Waals surface area contributed by atoms with Crippen LogP contribution in [0.1, 0.15) is 72.2 Å². The smallest absolute Gasteiger partial charge is 0.274 e. The summed E-state index contributed by atoms with van der Waals surface area (Å²) in [5, 5.41) is 5.29. The molecule has 2 saturated heterocycles. The van der Waals surface area contributed by atoms with Crippen LogP contribution in [-0.2, 0) is 6.54 Å². The molecule has 0 aromatic carbocycles. The van der Waals surface area contributed by atoms with Crippen molar-refractivity contribution in [1.82, 2.24) is 24.2 Å². The number of aromatic nitrogens is 3. The molecule has 1 amide bonds. The van der Waals surface area contributed by atoms with Crippen molar-refractivity contribution in [2.24, 2.45) is 0 Å². The van der Waals surface area contributed by atoms with Crippen molar-refractivity contribution in [2.45, 2.75) is 57.5 Å². The van der Waals surface area contributed by atoms with Gasteiger partial charge in [0.15, 0.2) is 10.7 Å². The number of thiazole rings is 2. The standard InChI is InChI=1S/C21H27N5OS2/c27-20(24-9-4-2-1-3-5-10-24)18-17(26-12-14-29-21(26)23-18)15-25-11-6-7-16(25)19-22-8-13-28-19/h8,12-14,16H,1-7,9-11,15H2/t16-/m1/s1. The van der Waals surface area contributed by atoms with Gasteiger partial charge in [-0.15, -0.1) is 22.7 Å². The second-order valence-corrected chi connectivity index (χ2v) is 9.82. The van der Waals surface area contributed by atoms with E-state index in [0.717, 1.165) is 56.1 Å². The molecule has 0 spiro atoms. The summed E-state index contributed by atoms with van der Waals surface area (Å²) in [7, 11) is 0. The first-order valence-electron chi connectivity index (χ1n) is 10.7. The third kappa shape index (κ3) is 3.85. The lowest BCUT2D eigenvalue weighted by atomic mass is 10.1. The molecule has 6 nitrogen and oxygen atoms in total. The number of carbonyl (C=O) groups is 1. The van der Waals surface area contributed by atoms with Crippen molar-refractivity contribution in [3.8, 4) is 0 Å². The summed E-state index contributed by atoms with van der Waals surface area (Å²) in [5.74, 6) is 0.114. The molecule has 5 heterocycles. The largest absolute Gasteiger partial charge is 0.337 e. The molecule has 29 heavy (non-hydrogen) atoms. The van der Waals surface area contributed by atoms with Gasteiger partial charge in [0.05, 0.1) is 11.7 Å². The van der Waals surface area contributed by atoms with Crippen molar-refractivity contribution < 1.29 is 4.79 Å². The highest BCUT2D eigenvalue weighted by Gasteiger charge is 2.32. The Labute approximate surface area is 179 Å². The second kappa shape index (κ2) is 8.53. The summed E-state index contributed by atoms with van der Waals surface area (Å²) >= 11 is 3.33. The molecule has 0 aliphatic carbocycles. The second-order valence-electron chi connectivity index (χ2n) is 8.02. The van der Waals surface area contributed by atoms with Gasteiger partial charge in [0.25, 0.3) is 5.91 Å². The van der Waals surface area contributed by atoms with Gasteiger partial charge in [0.1, 0.15) is 5.01 Å². The van der Waals surface area contributed by atoms with Gasteiger partial charge in [-0.25, -0.2) is 9.97 Å². The quantitative estimate of drug-likeness (QED) is 0.608. The molecule has 2 fully saturated rings. The zero-order chi connectivity index (χ0) is 19.6. The van der Waals surface area contributed by atoms with Gasteiger partial charge >= 0.3 is 0 Å². The predicted molar refractivity (Wildman–Crippen MR) is 117 cm³/mol. The normalized spacial score (nSPS) is 21.5. The maximum absolute atomic E-state index is 13.5. The lowest BCUT2D eigenvalue weighted by Crippen LogP contribution is -2.35. The number of carbonyl (C=O) groups excluding carboxylic acids is 1. The molecule has 0 N–H and O–H groups in total. The van der Waals surface area contributed by atoms with Crippen LogP contribution in [0.25, 0.3) is 4.96 Å². The Balaban J connectivity index is 1.44. The minimum Gasteiger partial charge on any atom is -0.337 e. The maximum Gasteiger partial charge on any atom is 0.274 e. The van der Waals surface area contributed by atoms with E-state index >= 15 is 0 Å². The first kappa shape index (κ1) is 19.2. The Morgan fingerprint density at radius 1 is 1.03 bits per heavy atom. The van der Waals surface area contributed by atoms with Crippen molar-refractivity contribution in [3.05, 3.63) is 39.5 Å². The SMILES string of the molecule is O=C(c1nc2sccn2c1CN1CCC[C@@H]1c1nccs1)N1CCCCCCC1. The summed E-state index contributed by atoms with van der Waals surface area (Å²) in [6.07, 6.45) is 12.2. The summed E-state index contributed by atoms with van der Waals surface area (Å²) < 4.78 is 2.12. The van der Waals surface area contributed by atoms with Gasteiger partial charge in [-0.3, -0.25) is 14.1 Å². The number of nitrogens with zero attached hydrogens (tertiary/aromatic N) is 5. The first-order chi connectivity index (χ1) is 14.3. The van der Waals surface area contributed by atoms with Crippen LogP contribution < -0.4 is 0 Å². The van der Waals surface area contributed by atoms with Crippen LogP contribution in [0.2, 0.25) is 0 Å². The van der Waals surface area contributed by atoms with E-state index in [1.54, 1.807) is 22.7 Å². The number of hydrogen-bond donors (Lipinski definition) is 0. The highest BCUT2D eigenvalue weighted by atomic mass is 32.1. The Bertz CT molecular complexity index is 955. The first-order valence-corrected chi connectivity index (χ1v) is 12.4. The topological polar surface area (TPSA) is 53.7 Å². The molecule has 2 aliphatic heterocycles. The van der Waals surface area contributed by atoms with Gasteiger partial charge in [0, 0.05) is 42.8 Å². The highest BCUT2D eigenvalue weighted by molar-refractivity contribution is 7.15. The van der Waals surface area contributed by atoms with Crippen LogP contribution in [-0.4, -0.2) is 49.7 Å². The van der Waals surface area contributed by atoms with Gasteiger partial charge in [0.2, 0.25) is 0 Å². The molecule has 0 bridgehead atoms. The van der Waals surface area contributed by atoms with Crippen molar-refractivity contribution in [1.29, 1.82) is 0 Å². The Morgan fingerprint density at radius 3 is 2.66 bits per heavy atom. The average Bonchev–Trinajstić information content (AvgIpc) is 3.47. The third-order valence-corrected chi connectivity index (χ3v) is 7.79. The number of imidazole rings is 1. The number of amides is 1. The van der Waals surface area contributed by atoms with E-state index in [0.29, 0.717) is 11.7 Å². The number of likely N-dealkylation sites (tertiary alicyclic amines) is 2. The van der Waals surface area contributed by atoms with Crippen LogP contribution in [0.15, 0.2) is 23.2 Å². The van der Waals surface area contributed by atoms with Gasteiger partial charge in [-0.05, 0) is 32.2 Å². The monoisotopic (exact) mass is 429 g/mol. The molecule has 5 rings (SSSR count). The summed E-state index contributed by atoms with van der Waals surface area (Å²) in [6.45, 7) is 3.50. The fraction of sp³-hybridized carbons (Fsp3) is 0.571. The molecular weight excluding hydrogens is 402 g/mol. The molecule has 0 saturated carbocycles. The molecule has 8 heteroatoms. The maximum atomic E-state index is 13.5. The van der Waals surface area contributed by atoms with Gasteiger partial charge in [-0.2, -0.15) is 0 Å². The zero-order valence-electron chi connectivity index (χ0n) is 16.6. The Kier molecular flexibility index (Phi) is 5.65. The van der Waals surface area contributed by atoms with Crippen LogP contribution in [0, 0.1) is 0 Å². The minimum atomic E-state index is 0.114. The molecule has 2 aliphatic rings. The molecule has 0 unspecified atom stereocenters. The van der Waals surface area contributed by atoms with Crippen molar-refractivity contribution >= 4 is 33.5 Å². The molecule has 0 radical (unpaired) electrons. The fourth-order valence-corrected chi connectivity index (χ4v) is 6.18. The van der Waals surface area contributed by atoms with Crippen molar-refractivity contribution in [2.75, 3.05) is 19.6 Å². The van der Waals surface area contributed by atoms with Crippen LogP contribution >= 0.6 is 22.7 Å². The van der Waals surface area contributed by atoms with Crippen LogP contribution in [0.4, 0.5) is 0 Å². The summed E-state index contributed by atoms with van der Waals surface area (Å²) in [5.41, 5.74) is 1.69. The highest BCUT2D eigenvalue weighted by Crippen LogP contribution is 2.35. The number of hydrogen-bond acceptors (Lipinski definition) is 6. The van der Waals surface area contributed by atoms with E-state index in [2.05, 4.69) is 31.2 Å². The van der Waals surface area contributed by atoms with Crippen molar-refractivity contribution in [3.63, 3.8) is 0 Å². The van der Waals surface area contributed by atoms with E-state index in [-0.39, 0.29) is 5.91 Å². The van der Waals surface area contributed by atoms with Gasteiger partial charge in [-0.1, -0.05) is 19.3 Å². The fourth-order valence-electron chi connectivity index (χ4n) is 4.64. The number of fused-ring (bicyclic) bond motifs is 1. The predicted octanol–water partition coefficient (Wildman–Crippen LogP) is 4.60. The Hall–Kier alpha value is -1.77. The molecule has 3 aromatic heterocycles. The van der Waals surface area contributed by atoms with E-state index in [9.17, 15) is 4.79 Å². The molecule has 3 aromatic rings. The van der Waals surface area contributed by atoms with Gasteiger partial charge < -0.3 is 4.90 Å². The minimum absolute atomic E-state index is 0.114. The molecular formula is C21H27N5OS2. The zero-order valence-corrected chi connectivity index (χ0v) is 18.3. The lowest BCUT2D eigenvalue weighted by Gasteiger charge is -2.26. The average molecular weight is 430 g/mol. The summed E-state index contributed by atoms with van der Waals surface area (Å²) in [4.78, 5) is 28.2. The lowest BCUT2D eigenvalue weighted by molar-refractivity contribution is 0.0734.